The van der Waals surface area contributed by atoms with Gasteiger partial charge in [0, 0.05) is 13.1 Å². The third-order valence-electron chi connectivity index (χ3n) is 4.14. The number of halogens is 1. The highest BCUT2D eigenvalue weighted by molar-refractivity contribution is 6.40. The number of anilines is 2. The molecule has 1 aromatic carbocycles. The topological polar surface area (TPSA) is 111 Å². The van der Waals surface area contributed by atoms with E-state index < -0.39 is 29.6 Å². The van der Waals surface area contributed by atoms with Crippen molar-refractivity contribution >= 4 is 35.1 Å². The summed E-state index contributed by atoms with van der Waals surface area (Å²) in [5.41, 5.74) is 2.84. The second-order valence-electron chi connectivity index (χ2n) is 6.04. The van der Waals surface area contributed by atoms with Gasteiger partial charge in [-0.15, -0.1) is 0 Å². The van der Waals surface area contributed by atoms with E-state index in [4.69, 9.17) is 0 Å². The molecule has 0 aromatic heterocycles. The number of imide groups is 1. The fourth-order valence-corrected chi connectivity index (χ4v) is 2.90. The van der Waals surface area contributed by atoms with E-state index in [0.717, 1.165) is 38.4 Å². The lowest BCUT2D eigenvalue weighted by Gasteiger charge is -2.30. The van der Waals surface area contributed by atoms with Crippen LogP contribution >= 0.6 is 0 Å². The molecule has 2 fully saturated rings. The van der Waals surface area contributed by atoms with Gasteiger partial charge < -0.3 is 10.2 Å². The fraction of sp³-hybridized carbons (Fsp3) is 0.375. The molecule has 2 aliphatic heterocycles. The molecule has 0 spiro atoms. The number of hydrogen-bond acceptors (Lipinski definition) is 5. The minimum absolute atomic E-state index is 0.175. The quantitative estimate of drug-likeness (QED) is 0.530. The molecule has 2 aliphatic rings. The normalized spacial score (nSPS) is 17.1. The van der Waals surface area contributed by atoms with Crippen LogP contribution < -0.4 is 21.0 Å². The van der Waals surface area contributed by atoms with E-state index in [-0.39, 0.29) is 12.2 Å². The second-order valence-corrected chi connectivity index (χ2v) is 6.04. The number of nitrogens with zero attached hydrogens (tertiary/aromatic N) is 2. The van der Waals surface area contributed by atoms with Gasteiger partial charge in [-0.2, -0.15) is 0 Å². The van der Waals surface area contributed by atoms with E-state index in [9.17, 15) is 23.6 Å². The molecule has 0 unspecified atom stereocenters. The molecular formula is C16H18FN5O4. The molecule has 0 aliphatic carbocycles. The van der Waals surface area contributed by atoms with Gasteiger partial charge in [0.15, 0.2) is 0 Å². The summed E-state index contributed by atoms with van der Waals surface area (Å²) in [6.07, 6.45) is 3.09. The van der Waals surface area contributed by atoms with Gasteiger partial charge in [0.2, 0.25) is 5.91 Å². The zero-order chi connectivity index (χ0) is 18.7. The average Bonchev–Trinajstić information content (AvgIpc) is 2.93. The molecule has 138 valence electrons. The molecule has 3 N–H and O–H groups in total. The molecule has 9 nitrogen and oxygen atoms in total. The fourth-order valence-electron chi connectivity index (χ4n) is 2.90. The highest BCUT2D eigenvalue weighted by atomic mass is 19.1. The van der Waals surface area contributed by atoms with Crippen LogP contribution in [0.25, 0.3) is 0 Å². The van der Waals surface area contributed by atoms with Crippen molar-refractivity contribution in [3.8, 4) is 0 Å². The minimum Gasteiger partial charge on any atom is -0.370 e. The summed E-state index contributed by atoms with van der Waals surface area (Å²) in [4.78, 5) is 48.6. The SMILES string of the molecule is O=C1CN(NC(=O)C(=O)Nc2cc(F)ccc2N2CCCCC2)C(=O)N1. The van der Waals surface area contributed by atoms with Crippen molar-refractivity contribution in [2.45, 2.75) is 19.3 Å². The van der Waals surface area contributed by atoms with Crippen molar-refractivity contribution in [2.75, 3.05) is 29.9 Å². The molecule has 3 rings (SSSR count). The number of amides is 5. The van der Waals surface area contributed by atoms with Gasteiger partial charge in [-0.1, -0.05) is 0 Å². The van der Waals surface area contributed by atoms with Crippen molar-refractivity contribution in [1.29, 1.82) is 0 Å². The van der Waals surface area contributed by atoms with Gasteiger partial charge in [0.1, 0.15) is 12.4 Å². The standard InChI is InChI=1S/C16H18FN5O4/c17-10-4-5-12(21-6-2-1-3-7-21)11(8-10)18-14(24)15(25)20-22-9-13(23)19-16(22)26/h4-5,8H,1-3,6-7,9H2,(H,18,24)(H,20,25)(H,19,23,26). The van der Waals surface area contributed by atoms with Gasteiger partial charge in [-0.05, 0) is 37.5 Å². The maximum Gasteiger partial charge on any atom is 0.343 e. The highest BCUT2D eigenvalue weighted by Gasteiger charge is 2.30. The Morgan fingerprint density at radius 3 is 2.46 bits per heavy atom. The lowest BCUT2D eigenvalue weighted by Crippen LogP contribution is -2.48. The molecule has 0 bridgehead atoms. The van der Waals surface area contributed by atoms with E-state index in [1.54, 1.807) is 6.07 Å². The molecule has 10 heteroatoms. The van der Waals surface area contributed by atoms with E-state index in [1.807, 2.05) is 15.6 Å². The lowest BCUT2D eigenvalue weighted by atomic mass is 10.1. The van der Waals surface area contributed by atoms with Crippen LogP contribution in [0.1, 0.15) is 19.3 Å². The van der Waals surface area contributed by atoms with Crippen LogP contribution in [0.3, 0.4) is 0 Å². The zero-order valence-corrected chi connectivity index (χ0v) is 13.9. The van der Waals surface area contributed by atoms with Crippen molar-refractivity contribution in [3.63, 3.8) is 0 Å². The minimum atomic E-state index is -1.14. The maximum atomic E-state index is 13.6. The predicted octanol–water partition coefficient (Wildman–Crippen LogP) is 0.337. The number of hydrazine groups is 1. The van der Waals surface area contributed by atoms with Gasteiger partial charge in [-0.3, -0.25) is 25.1 Å². The first kappa shape index (κ1) is 17.6. The van der Waals surface area contributed by atoms with Crippen molar-refractivity contribution in [1.82, 2.24) is 15.8 Å². The van der Waals surface area contributed by atoms with Crippen molar-refractivity contribution < 1.29 is 23.6 Å². The van der Waals surface area contributed by atoms with E-state index in [0.29, 0.717) is 10.7 Å². The van der Waals surface area contributed by atoms with Crippen LogP contribution in [-0.2, 0) is 14.4 Å². The first-order chi connectivity index (χ1) is 12.4. The van der Waals surface area contributed by atoms with E-state index in [1.165, 1.54) is 6.07 Å². The van der Waals surface area contributed by atoms with Gasteiger partial charge in [-0.25, -0.2) is 14.2 Å². The molecule has 0 atom stereocenters. The Morgan fingerprint density at radius 1 is 1.08 bits per heavy atom. The Morgan fingerprint density at radius 2 is 1.81 bits per heavy atom. The van der Waals surface area contributed by atoms with Crippen LogP contribution in [0.15, 0.2) is 18.2 Å². The third kappa shape index (κ3) is 3.90. The Balaban J connectivity index is 1.70. The van der Waals surface area contributed by atoms with Crippen molar-refractivity contribution in [3.05, 3.63) is 24.0 Å². The predicted molar refractivity (Wildman–Crippen MR) is 89.5 cm³/mol. The Bertz CT molecular complexity index is 763. The number of benzene rings is 1. The summed E-state index contributed by atoms with van der Waals surface area (Å²) in [6, 6.07) is 3.16. The smallest absolute Gasteiger partial charge is 0.343 e. The molecule has 5 amide bonds. The number of carbonyl (C=O) groups is 4. The lowest BCUT2D eigenvalue weighted by molar-refractivity contribution is -0.138. The Labute approximate surface area is 148 Å². The summed E-state index contributed by atoms with van der Waals surface area (Å²) in [5, 5.41) is 5.03. The number of rotatable bonds is 3. The van der Waals surface area contributed by atoms with Crippen LogP contribution in [0, 0.1) is 5.82 Å². The number of piperidine rings is 1. The molecule has 26 heavy (non-hydrogen) atoms. The van der Waals surface area contributed by atoms with E-state index in [2.05, 4.69) is 5.32 Å². The first-order valence-electron chi connectivity index (χ1n) is 8.22. The Kier molecular flexibility index (Phi) is 5.01. The number of urea groups is 1. The highest BCUT2D eigenvalue weighted by Crippen LogP contribution is 2.29. The van der Waals surface area contributed by atoms with Crippen LogP contribution in [-0.4, -0.2) is 48.4 Å². The maximum absolute atomic E-state index is 13.6. The zero-order valence-electron chi connectivity index (χ0n) is 13.9. The molecule has 2 heterocycles. The van der Waals surface area contributed by atoms with Gasteiger partial charge in [0.05, 0.1) is 11.4 Å². The summed E-state index contributed by atoms with van der Waals surface area (Å²) >= 11 is 0. The number of carbonyl (C=O) groups excluding carboxylic acids is 4. The van der Waals surface area contributed by atoms with Gasteiger partial charge in [0.25, 0.3) is 0 Å². The van der Waals surface area contributed by atoms with Crippen LogP contribution in [0.4, 0.5) is 20.6 Å². The number of hydrogen-bond donors (Lipinski definition) is 3. The monoisotopic (exact) mass is 363 g/mol. The average molecular weight is 363 g/mol. The summed E-state index contributed by atoms with van der Waals surface area (Å²) < 4.78 is 13.6. The van der Waals surface area contributed by atoms with Crippen molar-refractivity contribution in [2.24, 2.45) is 0 Å². The van der Waals surface area contributed by atoms with Gasteiger partial charge >= 0.3 is 17.8 Å². The molecule has 0 radical (unpaired) electrons. The summed E-state index contributed by atoms with van der Waals surface area (Å²) in [5.74, 6) is -3.34. The Hall–Kier alpha value is -3.17. The molecule has 1 aromatic rings. The number of nitrogens with one attached hydrogen (secondary N) is 3. The molecular weight excluding hydrogens is 345 g/mol. The molecule has 0 saturated carbocycles. The summed E-state index contributed by atoms with van der Waals surface area (Å²) in [7, 11) is 0. The summed E-state index contributed by atoms with van der Waals surface area (Å²) in [6.45, 7) is 1.17. The third-order valence-corrected chi connectivity index (χ3v) is 4.14. The van der Waals surface area contributed by atoms with Crippen LogP contribution in [0.2, 0.25) is 0 Å². The largest absolute Gasteiger partial charge is 0.370 e. The second kappa shape index (κ2) is 7.38. The van der Waals surface area contributed by atoms with Crippen LogP contribution in [0.5, 0.6) is 0 Å². The van der Waals surface area contributed by atoms with E-state index >= 15 is 0 Å². The molecule has 2 saturated heterocycles. The first-order valence-corrected chi connectivity index (χ1v) is 8.22.